The quantitative estimate of drug-likeness (QED) is 0.355. The van der Waals surface area contributed by atoms with Gasteiger partial charge in [-0.05, 0) is 24.1 Å². The van der Waals surface area contributed by atoms with Gasteiger partial charge in [-0.2, -0.15) is 0 Å². The number of phenolic OH excluding ortho intramolecular Hbond substituents is 1. The van der Waals surface area contributed by atoms with E-state index in [1.54, 1.807) is 18.2 Å². The number of aromatic hydroxyl groups is 1. The average Bonchev–Trinajstić information content (AvgIpc) is 2.38. The van der Waals surface area contributed by atoms with Crippen molar-refractivity contribution < 1.29 is 19.5 Å². The monoisotopic (exact) mass is 265 g/mol. The van der Waals surface area contributed by atoms with Crippen LogP contribution in [0.5, 0.6) is 5.75 Å². The topological polar surface area (TPSA) is 68.1 Å². The van der Waals surface area contributed by atoms with Gasteiger partial charge in [-0.15, -0.1) is 0 Å². The maximum atomic E-state index is 11.3. The van der Waals surface area contributed by atoms with Gasteiger partial charge in [0.2, 0.25) is 0 Å². The summed E-state index contributed by atoms with van der Waals surface area (Å²) in [6.45, 7) is 2.48. The molecule has 0 spiro atoms. The van der Waals surface area contributed by atoms with E-state index in [2.05, 4.69) is 9.89 Å². The number of nitrogens with zero attached hydrogens (tertiary/aromatic N) is 1. The van der Waals surface area contributed by atoms with Gasteiger partial charge >= 0.3 is 5.97 Å². The number of methoxy groups -OCH3 is 1. The summed E-state index contributed by atoms with van der Waals surface area (Å²) >= 11 is 0. The zero-order valence-electron chi connectivity index (χ0n) is 11.3. The van der Waals surface area contributed by atoms with Crippen LogP contribution < -0.4 is 0 Å². The van der Waals surface area contributed by atoms with Gasteiger partial charge in [0.25, 0.3) is 0 Å². The van der Waals surface area contributed by atoms with Gasteiger partial charge in [-0.25, -0.2) is 0 Å². The number of benzene rings is 1. The number of phenols is 1. The molecule has 1 aromatic rings. The highest BCUT2D eigenvalue weighted by Gasteiger charge is 2.10. The second-order valence-electron chi connectivity index (χ2n) is 4.09. The van der Waals surface area contributed by atoms with Gasteiger partial charge in [0.05, 0.1) is 19.2 Å². The molecule has 0 aromatic heterocycles. The molecular formula is C14H19NO4. The van der Waals surface area contributed by atoms with Gasteiger partial charge < -0.3 is 14.7 Å². The number of hydrogen-bond acceptors (Lipinski definition) is 5. The van der Waals surface area contributed by atoms with E-state index in [0.29, 0.717) is 18.7 Å². The van der Waals surface area contributed by atoms with Crippen LogP contribution in [-0.2, 0) is 20.8 Å². The number of hydrogen-bond donors (Lipinski definition) is 1. The van der Waals surface area contributed by atoms with E-state index in [1.165, 1.54) is 7.11 Å². The lowest BCUT2D eigenvalue weighted by molar-refractivity contribution is -0.139. The highest BCUT2D eigenvalue weighted by Crippen LogP contribution is 2.13. The summed E-state index contributed by atoms with van der Waals surface area (Å²) in [6, 6.07) is 6.82. The zero-order valence-corrected chi connectivity index (χ0v) is 11.3. The number of rotatable bonds is 7. The summed E-state index contributed by atoms with van der Waals surface area (Å²) in [4.78, 5) is 16.4. The fraction of sp³-hybridized carbons (Fsp3) is 0.429. The fourth-order valence-electron chi connectivity index (χ4n) is 1.50. The summed E-state index contributed by atoms with van der Waals surface area (Å²) in [7, 11) is 1.33. The molecule has 0 aliphatic rings. The SMILES string of the molecule is CCCO/N=C(/CC(=O)OC)Cc1cccc(O)c1. The Morgan fingerprint density at radius 2 is 2.21 bits per heavy atom. The van der Waals surface area contributed by atoms with Crippen molar-refractivity contribution in [3.05, 3.63) is 29.8 Å². The molecule has 5 heteroatoms. The van der Waals surface area contributed by atoms with Gasteiger partial charge in [-0.1, -0.05) is 24.2 Å². The molecule has 1 N–H and O–H groups in total. The molecule has 0 heterocycles. The molecule has 0 saturated heterocycles. The number of oxime groups is 1. The molecule has 1 rings (SSSR count). The van der Waals surface area contributed by atoms with Crippen LogP contribution in [0.2, 0.25) is 0 Å². The van der Waals surface area contributed by atoms with Crippen molar-refractivity contribution in [2.75, 3.05) is 13.7 Å². The summed E-state index contributed by atoms with van der Waals surface area (Å²) in [5.74, 6) is -0.177. The fourth-order valence-corrected chi connectivity index (χ4v) is 1.50. The standard InChI is InChI=1S/C14H19NO4/c1-3-7-19-15-12(10-14(17)18-2)8-11-5-4-6-13(16)9-11/h4-6,9,16H,3,7-8,10H2,1-2H3/b15-12+. The highest BCUT2D eigenvalue weighted by atomic mass is 16.6. The third kappa shape index (κ3) is 5.90. The molecule has 5 nitrogen and oxygen atoms in total. The summed E-state index contributed by atoms with van der Waals surface area (Å²) in [5, 5.41) is 13.4. The molecule has 0 saturated carbocycles. The minimum absolute atomic E-state index is 0.0792. The Hall–Kier alpha value is -2.04. The van der Waals surface area contributed by atoms with E-state index in [4.69, 9.17) is 4.84 Å². The number of ether oxygens (including phenoxy) is 1. The predicted molar refractivity (Wildman–Crippen MR) is 72.1 cm³/mol. The second-order valence-corrected chi connectivity index (χ2v) is 4.09. The lowest BCUT2D eigenvalue weighted by Gasteiger charge is -2.06. The van der Waals surface area contributed by atoms with Gasteiger partial charge in [0, 0.05) is 6.42 Å². The lowest BCUT2D eigenvalue weighted by atomic mass is 10.1. The van der Waals surface area contributed by atoms with E-state index in [0.717, 1.165) is 12.0 Å². The van der Waals surface area contributed by atoms with Crippen molar-refractivity contribution in [1.29, 1.82) is 0 Å². The van der Waals surface area contributed by atoms with Gasteiger partial charge in [0.1, 0.15) is 12.4 Å². The zero-order chi connectivity index (χ0) is 14.1. The molecule has 0 atom stereocenters. The van der Waals surface area contributed by atoms with E-state index in [9.17, 15) is 9.90 Å². The third-order valence-corrected chi connectivity index (χ3v) is 2.38. The first kappa shape index (κ1) is 15.0. The van der Waals surface area contributed by atoms with Crippen molar-refractivity contribution in [2.45, 2.75) is 26.2 Å². The van der Waals surface area contributed by atoms with Crippen molar-refractivity contribution in [3.63, 3.8) is 0 Å². The number of esters is 1. The van der Waals surface area contributed by atoms with E-state index >= 15 is 0 Å². The van der Waals surface area contributed by atoms with Crippen molar-refractivity contribution in [2.24, 2.45) is 5.16 Å². The molecular weight excluding hydrogens is 246 g/mol. The van der Waals surface area contributed by atoms with E-state index in [1.807, 2.05) is 13.0 Å². The molecule has 0 amide bonds. The Kier molecular flexibility index (Phi) is 6.43. The largest absolute Gasteiger partial charge is 0.508 e. The number of carbonyl (C=O) groups excluding carboxylic acids is 1. The average molecular weight is 265 g/mol. The van der Waals surface area contributed by atoms with Crippen LogP contribution in [0.4, 0.5) is 0 Å². The normalized spacial score (nSPS) is 11.2. The Labute approximate surface area is 112 Å². The Morgan fingerprint density at radius 1 is 1.42 bits per heavy atom. The van der Waals surface area contributed by atoms with Crippen LogP contribution in [0.25, 0.3) is 0 Å². The minimum Gasteiger partial charge on any atom is -0.508 e. The predicted octanol–water partition coefficient (Wildman–Crippen LogP) is 2.28. The molecule has 0 unspecified atom stereocenters. The Balaban J connectivity index is 2.72. The Morgan fingerprint density at radius 3 is 2.84 bits per heavy atom. The molecule has 0 bridgehead atoms. The molecule has 0 aliphatic carbocycles. The van der Waals surface area contributed by atoms with E-state index in [-0.39, 0.29) is 18.1 Å². The number of carbonyl (C=O) groups is 1. The van der Waals surface area contributed by atoms with Crippen LogP contribution in [0, 0.1) is 0 Å². The van der Waals surface area contributed by atoms with Gasteiger partial charge in [0.15, 0.2) is 0 Å². The molecule has 0 radical (unpaired) electrons. The smallest absolute Gasteiger partial charge is 0.311 e. The first-order chi connectivity index (χ1) is 9.15. The van der Waals surface area contributed by atoms with Crippen LogP contribution >= 0.6 is 0 Å². The van der Waals surface area contributed by atoms with Crippen LogP contribution in [-0.4, -0.2) is 30.5 Å². The van der Waals surface area contributed by atoms with E-state index < -0.39 is 0 Å². The molecule has 1 aromatic carbocycles. The summed E-state index contributed by atoms with van der Waals surface area (Å²) < 4.78 is 4.62. The Bertz CT molecular complexity index is 443. The van der Waals surface area contributed by atoms with Crippen LogP contribution in [0.15, 0.2) is 29.4 Å². The highest BCUT2D eigenvalue weighted by molar-refractivity contribution is 5.99. The minimum atomic E-state index is -0.362. The molecule has 0 fully saturated rings. The second kappa shape index (κ2) is 8.13. The molecule has 19 heavy (non-hydrogen) atoms. The summed E-state index contributed by atoms with van der Waals surface area (Å²) in [5.41, 5.74) is 1.44. The van der Waals surface area contributed by atoms with Gasteiger partial charge in [-0.3, -0.25) is 4.79 Å². The maximum Gasteiger partial charge on any atom is 0.311 e. The van der Waals surface area contributed by atoms with Crippen molar-refractivity contribution in [1.82, 2.24) is 0 Å². The third-order valence-electron chi connectivity index (χ3n) is 2.38. The van der Waals surface area contributed by atoms with Crippen molar-refractivity contribution in [3.8, 4) is 5.75 Å². The summed E-state index contributed by atoms with van der Waals surface area (Å²) in [6.07, 6.45) is 1.37. The maximum absolute atomic E-state index is 11.3. The van der Waals surface area contributed by atoms with Crippen LogP contribution in [0.1, 0.15) is 25.3 Å². The first-order valence-corrected chi connectivity index (χ1v) is 6.18. The molecule has 104 valence electrons. The van der Waals surface area contributed by atoms with Crippen molar-refractivity contribution >= 4 is 11.7 Å². The van der Waals surface area contributed by atoms with Crippen LogP contribution in [0.3, 0.4) is 0 Å². The molecule has 0 aliphatic heterocycles. The lowest BCUT2D eigenvalue weighted by Crippen LogP contribution is -2.12. The first-order valence-electron chi connectivity index (χ1n) is 6.18.